The summed E-state index contributed by atoms with van der Waals surface area (Å²) < 4.78 is 5.91. The van der Waals surface area contributed by atoms with E-state index in [-0.39, 0.29) is 17.9 Å². The van der Waals surface area contributed by atoms with Crippen molar-refractivity contribution in [3.8, 4) is 17.1 Å². The second kappa shape index (κ2) is 8.37. The van der Waals surface area contributed by atoms with Crippen LogP contribution < -0.4 is 10.1 Å². The summed E-state index contributed by atoms with van der Waals surface area (Å²) >= 11 is 0. The standard InChI is InChI=1S/C21H24N4O3/c26-19-7-6-17(24-19)21(27)25-10-8-15(9-11-25)13-28-20-12-18(22-14-23-20)16-4-2-1-3-5-16/h1-5,12,14-15,17H,6-11,13H2,(H,24,26). The van der Waals surface area contributed by atoms with Crippen molar-refractivity contribution in [2.75, 3.05) is 19.7 Å². The van der Waals surface area contributed by atoms with Crippen LogP contribution in [0.3, 0.4) is 0 Å². The third-order valence-electron chi connectivity index (χ3n) is 5.40. The average Bonchev–Trinajstić information content (AvgIpc) is 3.19. The third-order valence-corrected chi connectivity index (χ3v) is 5.40. The van der Waals surface area contributed by atoms with Gasteiger partial charge in [0, 0.05) is 31.1 Å². The lowest BCUT2D eigenvalue weighted by Gasteiger charge is -2.33. The van der Waals surface area contributed by atoms with Gasteiger partial charge in [0.25, 0.3) is 0 Å². The summed E-state index contributed by atoms with van der Waals surface area (Å²) in [5.41, 5.74) is 1.87. The Balaban J connectivity index is 1.27. The maximum Gasteiger partial charge on any atom is 0.245 e. The lowest BCUT2D eigenvalue weighted by Crippen LogP contribution is -2.48. The highest BCUT2D eigenvalue weighted by Gasteiger charge is 2.32. The minimum atomic E-state index is -0.335. The van der Waals surface area contributed by atoms with E-state index in [0.29, 0.717) is 44.3 Å². The number of carbonyl (C=O) groups is 2. The topological polar surface area (TPSA) is 84.4 Å². The van der Waals surface area contributed by atoms with Crippen LogP contribution in [0.25, 0.3) is 11.3 Å². The molecule has 0 bridgehead atoms. The Bertz CT molecular complexity index is 835. The summed E-state index contributed by atoms with van der Waals surface area (Å²) in [5.74, 6) is 0.980. The van der Waals surface area contributed by atoms with Gasteiger partial charge in [-0.3, -0.25) is 9.59 Å². The first kappa shape index (κ1) is 18.4. The Morgan fingerprint density at radius 2 is 1.93 bits per heavy atom. The van der Waals surface area contributed by atoms with E-state index in [1.165, 1.54) is 6.33 Å². The van der Waals surface area contributed by atoms with Crippen LogP contribution in [0.15, 0.2) is 42.7 Å². The summed E-state index contributed by atoms with van der Waals surface area (Å²) in [6.45, 7) is 1.99. The molecule has 1 N–H and O–H groups in total. The van der Waals surface area contributed by atoms with E-state index in [2.05, 4.69) is 15.3 Å². The van der Waals surface area contributed by atoms with E-state index in [0.717, 1.165) is 24.1 Å². The maximum atomic E-state index is 12.5. The highest BCUT2D eigenvalue weighted by Crippen LogP contribution is 2.23. The average molecular weight is 380 g/mol. The van der Waals surface area contributed by atoms with Crippen molar-refractivity contribution in [3.63, 3.8) is 0 Å². The van der Waals surface area contributed by atoms with E-state index in [1.54, 1.807) is 0 Å². The molecule has 7 heteroatoms. The first-order valence-corrected chi connectivity index (χ1v) is 9.77. The van der Waals surface area contributed by atoms with Gasteiger partial charge in [-0.15, -0.1) is 0 Å². The molecular formula is C21H24N4O3. The van der Waals surface area contributed by atoms with E-state index < -0.39 is 0 Å². The quantitative estimate of drug-likeness (QED) is 0.858. The minimum absolute atomic E-state index is 0.0265. The Morgan fingerprint density at radius 3 is 2.64 bits per heavy atom. The van der Waals surface area contributed by atoms with Gasteiger partial charge in [0.1, 0.15) is 12.4 Å². The van der Waals surface area contributed by atoms with Gasteiger partial charge in [0.15, 0.2) is 0 Å². The number of piperidine rings is 1. The zero-order valence-corrected chi connectivity index (χ0v) is 15.7. The van der Waals surface area contributed by atoms with E-state index in [1.807, 2.05) is 41.3 Å². The van der Waals surface area contributed by atoms with Gasteiger partial charge < -0.3 is 15.0 Å². The highest BCUT2D eigenvalue weighted by atomic mass is 16.5. The summed E-state index contributed by atoms with van der Waals surface area (Å²) in [6.07, 6.45) is 4.36. The fraction of sp³-hybridized carbons (Fsp3) is 0.429. The van der Waals surface area contributed by atoms with Gasteiger partial charge in [0.05, 0.1) is 12.3 Å². The van der Waals surface area contributed by atoms with Crippen LogP contribution in [-0.4, -0.2) is 52.4 Å². The number of aromatic nitrogens is 2. The van der Waals surface area contributed by atoms with Crippen LogP contribution in [0.4, 0.5) is 0 Å². The van der Waals surface area contributed by atoms with Crippen LogP contribution in [0, 0.1) is 5.92 Å². The first-order valence-electron chi connectivity index (χ1n) is 9.77. The van der Waals surface area contributed by atoms with Crippen molar-refractivity contribution in [3.05, 3.63) is 42.7 Å². The number of carbonyl (C=O) groups excluding carboxylic acids is 2. The van der Waals surface area contributed by atoms with E-state index in [9.17, 15) is 9.59 Å². The fourth-order valence-electron chi connectivity index (χ4n) is 3.73. The van der Waals surface area contributed by atoms with E-state index in [4.69, 9.17) is 4.74 Å². The molecule has 146 valence electrons. The monoisotopic (exact) mass is 380 g/mol. The predicted molar refractivity (Wildman–Crippen MR) is 103 cm³/mol. The molecule has 0 radical (unpaired) electrons. The summed E-state index contributed by atoms with van der Waals surface area (Å²) in [5, 5.41) is 2.76. The predicted octanol–water partition coefficient (Wildman–Crippen LogP) is 2.04. The molecule has 7 nitrogen and oxygen atoms in total. The molecule has 2 aliphatic rings. The molecule has 1 aromatic heterocycles. The molecule has 2 fully saturated rings. The number of hydrogen-bond donors (Lipinski definition) is 1. The zero-order chi connectivity index (χ0) is 19.3. The molecule has 2 saturated heterocycles. The summed E-state index contributed by atoms with van der Waals surface area (Å²) in [4.78, 5) is 34.2. The molecule has 1 atom stereocenters. The first-order chi connectivity index (χ1) is 13.7. The molecule has 0 saturated carbocycles. The number of nitrogens with one attached hydrogen (secondary N) is 1. The normalized spacial score (nSPS) is 20.1. The SMILES string of the molecule is O=C1CCC(C(=O)N2CCC(COc3cc(-c4ccccc4)ncn3)CC2)N1. The molecule has 2 amide bonds. The Labute approximate surface area is 164 Å². The Morgan fingerprint density at radius 1 is 1.14 bits per heavy atom. The van der Waals surface area contributed by atoms with Crippen LogP contribution in [0.5, 0.6) is 5.88 Å². The highest BCUT2D eigenvalue weighted by molar-refractivity contribution is 5.90. The maximum absolute atomic E-state index is 12.5. The number of ether oxygens (including phenoxy) is 1. The van der Waals surface area contributed by atoms with Gasteiger partial charge in [0.2, 0.25) is 17.7 Å². The van der Waals surface area contributed by atoms with Crippen molar-refractivity contribution < 1.29 is 14.3 Å². The molecular weight excluding hydrogens is 356 g/mol. The largest absolute Gasteiger partial charge is 0.477 e. The van der Waals surface area contributed by atoms with Crippen LogP contribution >= 0.6 is 0 Å². The lowest BCUT2D eigenvalue weighted by molar-refractivity contribution is -0.135. The van der Waals surface area contributed by atoms with Gasteiger partial charge in [-0.1, -0.05) is 30.3 Å². The lowest BCUT2D eigenvalue weighted by atomic mass is 9.97. The molecule has 3 heterocycles. The van der Waals surface area contributed by atoms with E-state index >= 15 is 0 Å². The number of benzene rings is 1. The molecule has 2 aromatic rings. The molecule has 28 heavy (non-hydrogen) atoms. The number of rotatable bonds is 5. The zero-order valence-electron chi connectivity index (χ0n) is 15.7. The Hall–Kier alpha value is -2.96. The minimum Gasteiger partial charge on any atom is -0.477 e. The number of likely N-dealkylation sites (tertiary alicyclic amines) is 1. The van der Waals surface area contributed by atoms with Crippen molar-refractivity contribution >= 4 is 11.8 Å². The summed E-state index contributed by atoms with van der Waals surface area (Å²) in [7, 11) is 0. The van der Waals surface area contributed by atoms with Gasteiger partial charge >= 0.3 is 0 Å². The molecule has 1 aromatic carbocycles. The fourth-order valence-corrected chi connectivity index (χ4v) is 3.73. The molecule has 0 spiro atoms. The van der Waals surface area contributed by atoms with Crippen molar-refractivity contribution in [2.45, 2.75) is 31.7 Å². The third kappa shape index (κ3) is 4.30. The Kier molecular flexibility index (Phi) is 5.50. The van der Waals surface area contributed by atoms with Gasteiger partial charge in [-0.2, -0.15) is 0 Å². The number of amides is 2. The van der Waals surface area contributed by atoms with Crippen molar-refractivity contribution in [2.24, 2.45) is 5.92 Å². The molecule has 1 unspecified atom stereocenters. The second-order valence-electron chi connectivity index (χ2n) is 7.35. The van der Waals surface area contributed by atoms with Crippen LogP contribution in [-0.2, 0) is 9.59 Å². The number of nitrogens with zero attached hydrogens (tertiary/aromatic N) is 3. The van der Waals surface area contributed by atoms with Gasteiger partial charge in [-0.25, -0.2) is 9.97 Å². The molecule has 4 rings (SSSR count). The molecule has 2 aliphatic heterocycles. The summed E-state index contributed by atoms with van der Waals surface area (Å²) in [6, 6.07) is 11.5. The van der Waals surface area contributed by atoms with Gasteiger partial charge in [-0.05, 0) is 25.2 Å². The second-order valence-corrected chi connectivity index (χ2v) is 7.35. The molecule has 0 aliphatic carbocycles. The van der Waals surface area contributed by atoms with Crippen LogP contribution in [0.1, 0.15) is 25.7 Å². The number of hydrogen-bond acceptors (Lipinski definition) is 5. The van der Waals surface area contributed by atoms with Crippen molar-refractivity contribution in [1.29, 1.82) is 0 Å². The van der Waals surface area contributed by atoms with Crippen molar-refractivity contribution in [1.82, 2.24) is 20.2 Å². The van der Waals surface area contributed by atoms with Crippen LogP contribution in [0.2, 0.25) is 0 Å². The smallest absolute Gasteiger partial charge is 0.245 e.